The van der Waals surface area contributed by atoms with E-state index in [0.717, 1.165) is 33.5 Å². The van der Waals surface area contributed by atoms with Crippen LogP contribution in [-0.2, 0) is 32.2 Å². The van der Waals surface area contributed by atoms with Gasteiger partial charge in [-0.25, -0.2) is 4.79 Å². The normalized spacial score (nSPS) is 24.2. The molecule has 0 spiro atoms. The Hall–Kier alpha value is -3.32. The molecule has 0 aliphatic carbocycles. The van der Waals surface area contributed by atoms with Gasteiger partial charge in [0.15, 0.2) is 11.3 Å². The fourth-order valence-electron chi connectivity index (χ4n) is 4.12. The number of likely N-dealkylation sites (N-methyl/N-ethyl adjacent to an activating group) is 1. The van der Waals surface area contributed by atoms with Gasteiger partial charge in [0, 0.05) is 14.1 Å². The van der Waals surface area contributed by atoms with Crippen molar-refractivity contribution in [1.82, 2.24) is 10.2 Å². The number of aliphatic imine (C=N–C) groups is 1. The molecule has 2 amide bonds. The number of carboxylic acid groups (broad SMARTS) is 1. The predicted octanol–water partition coefficient (Wildman–Crippen LogP) is 2.73. The van der Waals surface area contributed by atoms with Gasteiger partial charge in [-0.05, 0) is 35.4 Å². The van der Waals surface area contributed by atoms with Crippen molar-refractivity contribution in [3.8, 4) is 11.5 Å². The van der Waals surface area contributed by atoms with Crippen molar-refractivity contribution in [3.63, 3.8) is 0 Å². The van der Waals surface area contributed by atoms with Crippen molar-refractivity contribution >= 4 is 28.9 Å². The molecule has 0 unspecified atom stereocenters. The van der Waals surface area contributed by atoms with E-state index in [1.54, 1.807) is 14.2 Å². The van der Waals surface area contributed by atoms with Gasteiger partial charge >= 0.3 is 6.09 Å². The van der Waals surface area contributed by atoms with E-state index in [2.05, 4.69) is 10.3 Å². The van der Waals surface area contributed by atoms with E-state index in [1.165, 1.54) is 14.1 Å². The Morgan fingerprint density at radius 3 is 1.97 bits per heavy atom. The highest BCUT2D eigenvalue weighted by Crippen LogP contribution is 2.40. The molecule has 4 rings (SSSR count). The number of ether oxygens (including phenoxy) is 5. The molecular formula is C26H31N3O8S. The van der Waals surface area contributed by atoms with E-state index in [4.69, 9.17) is 23.7 Å². The summed E-state index contributed by atoms with van der Waals surface area (Å²) in [6.45, 7) is 0.398. The summed E-state index contributed by atoms with van der Waals surface area (Å²) in [5.74, 6) is 1.06. The molecule has 2 aliphatic rings. The lowest BCUT2D eigenvalue weighted by molar-refractivity contribution is -0.200. The second-order valence-corrected chi connectivity index (χ2v) is 9.71. The van der Waals surface area contributed by atoms with Gasteiger partial charge in [-0.2, -0.15) is 0 Å². The molecule has 1 fully saturated rings. The smallest absolute Gasteiger partial charge is 0.413 e. The van der Waals surface area contributed by atoms with Gasteiger partial charge in [-0.1, -0.05) is 36.0 Å². The summed E-state index contributed by atoms with van der Waals surface area (Å²) in [5, 5.41) is 12.4. The molecule has 12 heteroatoms. The number of nitrogens with one attached hydrogen (secondary N) is 1. The fraction of sp³-hybridized carbons (Fsp3) is 0.423. The highest BCUT2D eigenvalue weighted by atomic mass is 32.2. The highest BCUT2D eigenvalue weighted by Gasteiger charge is 2.53. The van der Waals surface area contributed by atoms with Gasteiger partial charge < -0.3 is 34.1 Å². The first-order valence-electron chi connectivity index (χ1n) is 11.9. The summed E-state index contributed by atoms with van der Waals surface area (Å²) in [7, 11) is 6.12. The first-order valence-corrected chi connectivity index (χ1v) is 12.8. The number of benzene rings is 2. The largest absolute Gasteiger partial charge is 0.497 e. The summed E-state index contributed by atoms with van der Waals surface area (Å²) in [4.78, 5) is 30.1. The Kier molecular flexibility index (Phi) is 9.10. The van der Waals surface area contributed by atoms with E-state index in [9.17, 15) is 14.7 Å². The van der Waals surface area contributed by atoms with Gasteiger partial charge in [-0.3, -0.25) is 14.7 Å². The van der Waals surface area contributed by atoms with Crippen LogP contribution < -0.4 is 14.8 Å². The number of amides is 2. The van der Waals surface area contributed by atoms with E-state index in [1.807, 2.05) is 48.5 Å². The number of carbonyl (C=O) groups excluding carboxylic acids is 1. The lowest BCUT2D eigenvalue weighted by atomic mass is 9.96. The molecule has 11 nitrogen and oxygen atoms in total. The molecule has 38 heavy (non-hydrogen) atoms. The first-order chi connectivity index (χ1) is 18.3. The minimum atomic E-state index is -1.15. The quantitative estimate of drug-likeness (QED) is 0.489. The summed E-state index contributed by atoms with van der Waals surface area (Å²) in [5.41, 5.74) is 1.13. The molecule has 0 saturated carbocycles. The van der Waals surface area contributed by atoms with Gasteiger partial charge in [0.1, 0.15) is 35.2 Å². The van der Waals surface area contributed by atoms with Crippen molar-refractivity contribution < 1.29 is 38.4 Å². The number of fused-ring (bicyclic) bond motifs is 1. The van der Waals surface area contributed by atoms with Crippen LogP contribution in [-0.4, -0.2) is 85.3 Å². The second-order valence-electron chi connectivity index (χ2n) is 8.65. The number of thioether (sulfide) groups is 1. The summed E-state index contributed by atoms with van der Waals surface area (Å²) in [6.07, 6.45) is -3.68. The average molecular weight is 546 g/mol. The van der Waals surface area contributed by atoms with Crippen LogP contribution in [0.5, 0.6) is 11.5 Å². The molecule has 5 atom stereocenters. The third kappa shape index (κ3) is 6.21. The van der Waals surface area contributed by atoms with Gasteiger partial charge in [-0.15, -0.1) is 0 Å². The van der Waals surface area contributed by atoms with Crippen molar-refractivity contribution in [3.05, 3.63) is 59.7 Å². The van der Waals surface area contributed by atoms with Crippen LogP contribution >= 0.6 is 11.8 Å². The molecule has 2 N–H and O–H groups in total. The lowest BCUT2D eigenvalue weighted by Crippen LogP contribution is -2.60. The SMILES string of the molecule is CNC(=O)[C@H]1O[C@@H]2SC(N(C)C(=O)O)=N[C@@H]2[C@@H](OCc2ccc(OC)cc2)[C@@H]1OCc1ccc(OC)cc1. The Labute approximate surface area is 225 Å². The Bertz CT molecular complexity index is 1140. The molecule has 0 radical (unpaired) electrons. The van der Waals surface area contributed by atoms with Crippen molar-refractivity contribution in [2.45, 2.75) is 43.0 Å². The van der Waals surface area contributed by atoms with Crippen molar-refractivity contribution in [2.75, 3.05) is 28.3 Å². The maximum absolute atomic E-state index is 12.9. The molecule has 2 aliphatic heterocycles. The van der Waals surface area contributed by atoms with Crippen molar-refractivity contribution in [2.24, 2.45) is 4.99 Å². The van der Waals surface area contributed by atoms with E-state index in [-0.39, 0.29) is 24.3 Å². The molecule has 2 heterocycles. The molecule has 0 aromatic heterocycles. The van der Waals surface area contributed by atoms with Gasteiger partial charge in [0.05, 0.1) is 27.4 Å². The number of methoxy groups -OCH3 is 2. The molecule has 2 aromatic carbocycles. The number of hydrogen-bond acceptors (Lipinski definition) is 9. The number of rotatable bonds is 9. The van der Waals surface area contributed by atoms with Crippen LogP contribution in [0, 0.1) is 0 Å². The summed E-state index contributed by atoms with van der Waals surface area (Å²) in [6, 6.07) is 14.2. The monoisotopic (exact) mass is 545 g/mol. The predicted molar refractivity (Wildman–Crippen MR) is 140 cm³/mol. The fourth-order valence-corrected chi connectivity index (χ4v) is 5.28. The third-order valence-corrected chi connectivity index (χ3v) is 7.49. The molecular weight excluding hydrogens is 514 g/mol. The molecule has 204 valence electrons. The Morgan fingerprint density at radius 2 is 1.50 bits per heavy atom. The number of amidine groups is 1. The zero-order valence-electron chi connectivity index (χ0n) is 21.5. The Morgan fingerprint density at radius 1 is 0.974 bits per heavy atom. The number of carbonyl (C=O) groups is 2. The first kappa shape index (κ1) is 27.7. The molecule has 2 aromatic rings. The zero-order chi connectivity index (χ0) is 27.2. The number of hydrogen-bond donors (Lipinski definition) is 2. The van der Waals surface area contributed by atoms with E-state index < -0.39 is 35.9 Å². The van der Waals surface area contributed by atoms with Crippen LogP contribution in [0.2, 0.25) is 0 Å². The zero-order valence-corrected chi connectivity index (χ0v) is 22.3. The summed E-state index contributed by atoms with van der Waals surface area (Å²) >= 11 is 1.14. The second kappa shape index (κ2) is 12.5. The molecule has 1 saturated heterocycles. The molecule has 0 bridgehead atoms. The van der Waals surface area contributed by atoms with Crippen LogP contribution in [0.1, 0.15) is 11.1 Å². The van der Waals surface area contributed by atoms with E-state index in [0.29, 0.717) is 5.75 Å². The van der Waals surface area contributed by atoms with Crippen LogP contribution in [0.25, 0.3) is 0 Å². The Balaban J connectivity index is 1.62. The standard InChI is InChI=1S/C26H31N3O8S/c1-27-23(30)22-21(36-14-16-7-11-18(34-4)12-8-16)20(35-13-15-5-9-17(33-3)10-6-15)19-24(37-22)38-25(28-19)29(2)26(31)32/h5-12,19-22,24H,13-14H2,1-4H3,(H,27,30)(H,31,32)/t19-,20-,21+,22+,24-/m1/s1. The minimum absolute atomic E-state index is 0.185. The van der Waals surface area contributed by atoms with E-state index >= 15 is 0 Å². The van der Waals surface area contributed by atoms with Crippen LogP contribution in [0.3, 0.4) is 0 Å². The minimum Gasteiger partial charge on any atom is -0.497 e. The van der Waals surface area contributed by atoms with Crippen LogP contribution in [0.15, 0.2) is 53.5 Å². The average Bonchev–Trinajstić information content (AvgIpc) is 3.38. The van der Waals surface area contributed by atoms with Gasteiger partial charge in [0.2, 0.25) is 0 Å². The number of nitrogens with zero attached hydrogens (tertiary/aromatic N) is 2. The maximum atomic E-state index is 12.9. The maximum Gasteiger partial charge on any atom is 0.413 e. The van der Waals surface area contributed by atoms with Crippen molar-refractivity contribution in [1.29, 1.82) is 0 Å². The lowest BCUT2D eigenvalue weighted by Gasteiger charge is -2.41. The third-order valence-electron chi connectivity index (χ3n) is 6.28. The topological polar surface area (TPSA) is 128 Å². The highest BCUT2D eigenvalue weighted by molar-refractivity contribution is 8.14. The van der Waals surface area contributed by atoms with Gasteiger partial charge in [0.25, 0.3) is 5.91 Å². The summed E-state index contributed by atoms with van der Waals surface area (Å²) < 4.78 is 29.3. The van der Waals surface area contributed by atoms with Crippen LogP contribution in [0.4, 0.5) is 4.79 Å².